The first-order valence-corrected chi connectivity index (χ1v) is 7.27. The highest BCUT2D eigenvalue weighted by molar-refractivity contribution is 5.10. The molecule has 0 aromatic carbocycles. The first-order valence-electron chi connectivity index (χ1n) is 7.27. The number of rotatable bonds is 6. The molecule has 1 heteroatoms. The molecular formula is C15H25N. The Morgan fingerprint density at radius 2 is 2.12 bits per heavy atom. The van der Waals surface area contributed by atoms with Crippen LogP contribution < -0.4 is 5.32 Å². The van der Waals surface area contributed by atoms with Gasteiger partial charge < -0.3 is 5.32 Å². The molecule has 3 rings (SSSR count). The van der Waals surface area contributed by atoms with Gasteiger partial charge in [0.2, 0.25) is 0 Å². The van der Waals surface area contributed by atoms with E-state index >= 15 is 0 Å². The van der Waals surface area contributed by atoms with Crippen LogP contribution in [-0.2, 0) is 0 Å². The van der Waals surface area contributed by atoms with Crippen molar-refractivity contribution in [2.75, 3.05) is 6.54 Å². The molecule has 2 fully saturated rings. The Labute approximate surface area is 99.7 Å². The monoisotopic (exact) mass is 219 g/mol. The van der Waals surface area contributed by atoms with Gasteiger partial charge in [-0.1, -0.05) is 31.9 Å². The normalized spacial score (nSPS) is 38.2. The Morgan fingerprint density at radius 3 is 2.69 bits per heavy atom. The van der Waals surface area contributed by atoms with E-state index in [1.54, 1.807) is 0 Å². The molecule has 0 aliphatic heterocycles. The number of hydrogen-bond donors (Lipinski definition) is 1. The van der Waals surface area contributed by atoms with Crippen LogP contribution in [0.4, 0.5) is 0 Å². The second-order valence-corrected chi connectivity index (χ2v) is 6.23. The lowest BCUT2D eigenvalue weighted by Crippen LogP contribution is -2.34. The maximum atomic E-state index is 3.83. The zero-order valence-corrected chi connectivity index (χ0v) is 10.5. The molecule has 3 aliphatic carbocycles. The fraction of sp³-hybridized carbons (Fsp3) is 0.867. The zero-order chi connectivity index (χ0) is 11.0. The van der Waals surface area contributed by atoms with Crippen molar-refractivity contribution < 1.29 is 0 Å². The molecule has 0 radical (unpaired) electrons. The molecule has 2 saturated carbocycles. The van der Waals surface area contributed by atoms with E-state index in [1.807, 2.05) is 0 Å². The van der Waals surface area contributed by atoms with Crippen LogP contribution >= 0.6 is 0 Å². The van der Waals surface area contributed by atoms with E-state index in [1.165, 1.54) is 45.1 Å². The van der Waals surface area contributed by atoms with Crippen molar-refractivity contribution in [3.63, 3.8) is 0 Å². The Balaban J connectivity index is 1.42. The van der Waals surface area contributed by atoms with Gasteiger partial charge in [0.05, 0.1) is 0 Å². The van der Waals surface area contributed by atoms with Crippen molar-refractivity contribution >= 4 is 0 Å². The summed E-state index contributed by atoms with van der Waals surface area (Å²) in [5.74, 6) is 3.86. The van der Waals surface area contributed by atoms with E-state index in [0.717, 1.165) is 29.7 Å². The largest absolute Gasteiger partial charge is 0.314 e. The molecule has 0 saturated heterocycles. The summed E-state index contributed by atoms with van der Waals surface area (Å²) in [5.41, 5.74) is 0. The Hall–Kier alpha value is -0.300. The number of allylic oxidation sites excluding steroid dienone is 2. The molecule has 3 aliphatic rings. The van der Waals surface area contributed by atoms with Crippen LogP contribution in [0.3, 0.4) is 0 Å². The summed E-state index contributed by atoms with van der Waals surface area (Å²) < 4.78 is 0. The lowest BCUT2D eigenvalue weighted by atomic mass is 9.93. The van der Waals surface area contributed by atoms with Gasteiger partial charge in [-0.25, -0.2) is 0 Å². The van der Waals surface area contributed by atoms with Crippen molar-refractivity contribution in [3.05, 3.63) is 12.2 Å². The highest BCUT2D eigenvalue weighted by atomic mass is 14.9. The molecule has 90 valence electrons. The van der Waals surface area contributed by atoms with Crippen LogP contribution in [0, 0.1) is 23.7 Å². The van der Waals surface area contributed by atoms with E-state index in [2.05, 4.69) is 24.4 Å². The van der Waals surface area contributed by atoms with Crippen molar-refractivity contribution in [2.24, 2.45) is 23.7 Å². The van der Waals surface area contributed by atoms with E-state index < -0.39 is 0 Å². The average molecular weight is 219 g/mol. The Morgan fingerprint density at radius 1 is 1.25 bits per heavy atom. The number of hydrogen-bond acceptors (Lipinski definition) is 1. The average Bonchev–Trinajstić information content (AvgIpc) is 2.88. The van der Waals surface area contributed by atoms with Gasteiger partial charge in [0, 0.05) is 6.04 Å². The van der Waals surface area contributed by atoms with Crippen molar-refractivity contribution in [2.45, 2.75) is 51.5 Å². The Kier molecular flexibility index (Phi) is 3.06. The predicted octanol–water partition coefficient (Wildman–Crippen LogP) is 3.37. The fourth-order valence-corrected chi connectivity index (χ4v) is 3.60. The van der Waals surface area contributed by atoms with Crippen molar-refractivity contribution in [3.8, 4) is 0 Å². The highest BCUT2D eigenvalue weighted by Crippen LogP contribution is 2.43. The molecule has 2 bridgehead atoms. The highest BCUT2D eigenvalue weighted by Gasteiger charge is 2.35. The second-order valence-electron chi connectivity index (χ2n) is 6.23. The maximum Gasteiger partial charge on any atom is 0.00671 e. The number of nitrogens with one attached hydrogen (secondary N) is 1. The molecular weight excluding hydrogens is 194 g/mol. The summed E-state index contributed by atoms with van der Waals surface area (Å²) >= 11 is 0. The zero-order valence-electron chi connectivity index (χ0n) is 10.5. The summed E-state index contributed by atoms with van der Waals surface area (Å²) in [6.07, 6.45) is 13.6. The summed E-state index contributed by atoms with van der Waals surface area (Å²) in [5, 5.41) is 3.83. The van der Waals surface area contributed by atoms with Gasteiger partial charge in [-0.15, -0.1) is 0 Å². The fourth-order valence-electron chi connectivity index (χ4n) is 3.60. The van der Waals surface area contributed by atoms with Crippen molar-refractivity contribution in [1.82, 2.24) is 5.32 Å². The van der Waals surface area contributed by atoms with Gasteiger partial charge in [0.1, 0.15) is 0 Å². The molecule has 0 amide bonds. The van der Waals surface area contributed by atoms with Gasteiger partial charge in [-0.3, -0.25) is 0 Å². The third-order valence-electron chi connectivity index (χ3n) is 4.89. The van der Waals surface area contributed by atoms with Crippen LogP contribution in [0.2, 0.25) is 0 Å². The van der Waals surface area contributed by atoms with Crippen LogP contribution in [0.5, 0.6) is 0 Å². The molecule has 4 atom stereocenters. The SMILES string of the molecule is CCC(CC1CC1)NCC1CC2C=CC1C2. The van der Waals surface area contributed by atoms with Crippen molar-refractivity contribution in [1.29, 1.82) is 0 Å². The third kappa shape index (κ3) is 2.34. The number of fused-ring (bicyclic) bond motifs is 2. The van der Waals surface area contributed by atoms with E-state index in [0.29, 0.717) is 0 Å². The molecule has 0 spiro atoms. The predicted molar refractivity (Wildman–Crippen MR) is 68.3 cm³/mol. The van der Waals surface area contributed by atoms with Gasteiger partial charge in [-0.05, 0) is 55.9 Å². The van der Waals surface area contributed by atoms with Crippen LogP contribution in [0.25, 0.3) is 0 Å². The molecule has 16 heavy (non-hydrogen) atoms. The first-order chi connectivity index (χ1) is 7.85. The standard InChI is InChI=1S/C15H25N/c1-2-15(9-11-3-4-11)16-10-14-8-12-5-6-13(14)7-12/h5-6,11-16H,2-4,7-10H2,1H3. The smallest absolute Gasteiger partial charge is 0.00671 e. The summed E-state index contributed by atoms with van der Waals surface area (Å²) in [4.78, 5) is 0. The summed E-state index contributed by atoms with van der Waals surface area (Å²) in [6, 6.07) is 0.801. The molecule has 1 nitrogen and oxygen atoms in total. The van der Waals surface area contributed by atoms with Gasteiger partial charge in [0.25, 0.3) is 0 Å². The third-order valence-corrected chi connectivity index (χ3v) is 4.89. The maximum absolute atomic E-state index is 3.83. The quantitative estimate of drug-likeness (QED) is 0.675. The summed E-state index contributed by atoms with van der Waals surface area (Å²) in [7, 11) is 0. The van der Waals surface area contributed by atoms with Crippen LogP contribution in [0.1, 0.15) is 45.4 Å². The Bertz CT molecular complexity index is 267. The van der Waals surface area contributed by atoms with Gasteiger partial charge in [0.15, 0.2) is 0 Å². The minimum absolute atomic E-state index is 0.801. The second kappa shape index (κ2) is 4.52. The molecule has 4 unspecified atom stereocenters. The van der Waals surface area contributed by atoms with Crippen LogP contribution in [-0.4, -0.2) is 12.6 Å². The molecule has 1 N–H and O–H groups in total. The molecule has 0 aromatic rings. The van der Waals surface area contributed by atoms with Gasteiger partial charge >= 0.3 is 0 Å². The molecule has 0 heterocycles. The van der Waals surface area contributed by atoms with Crippen LogP contribution in [0.15, 0.2) is 12.2 Å². The first kappa shape index (κ1) is 10.8. The lowest BCUT2D eigenvalue weighted by Gasteiger charge is -2.23. The minimum Gasteiger partial charge on any atom is -0.314 e. The lowest BCUT2D eigenvalue weighted by molar-refractivity contribution is 0.360. The van der Waals surface area contributed by atoms with Gasteiger partial charge in [-0.2, -0.15) is 0 Å². The molecule has 0 aromatic heterocycles. The topological polar surface area (TPSA) is 12.0 Å². The minimum atomic E-state index is 0.801. The van der Waals surface area contributed by atoms with E-state index in [-0.39, 0.29) is 0 Å². The van der Waals surface area contributed by atoms with E-state index in [4.69, 9.17) is 0 Å². The summed E-state index contributed by atoms with van der Waals surface area (Å²) in [6.45, 7) is 3.61. The van der Waals surface area contributed by atoms with E-state index in [9.17, 15) is 0 Å².